The Labute approximate surface area is 68.7 Å². The molecule has 0 aromatic rings. The summed E-state index contributed by atoms with van der Waals surface area (Å²) in [7, 11) is 0. The number of rotatable bonds is 5. The van der Waals surface area contributed by atoms with Crippen molar-refractivity contribution in [3.63, 3.8) is 0 Å². The Morgan fingerprint density at radius 1 is 1.45 bits per heavy atom. The van der Waals surface area contributed by atoms with Gasteiger partial charge in [-0.1, -0.05) is 12.5 Å². The zero-order valence-electron chi connectivity index (χ0n) is 7.61. The van der Waals surface area contributed by atoms with Gasteiger partial charge < -0.3 is 5.32 Å². The van der Waals surface area contributed by atoms with Crippen LogP contribution >= 0.6 is 0 Å². The Hall–Kier alpha value is -0.630. The Morgan fingerprint density at radius 2 is 2.09 bits per heavy atom. The van der Waals surface area contributed by atoms with Crippen molar-refractivity contribution in [3.8, 4) is 0 Å². The normalized spacial score (nSPS) is 9.36. The summed E-state index contributed by atoms with van der Waals surface area (Å²) in [6, 6.07) is 0. The molecule has 2 heteroatoms. The molecule has 11 heavy (non-hydrogen) atoms. The van der Waals surface area contributed by atoms with Gasteiger partial charge >= 0.3 is 0 Å². The van der Waals surface area contributed by atoms with Crippen LogP contribution in [0.2, 0.25) is 0 Å². The van der Waals surface area contributed by atoms with Crippen molar-refractivity contribution in [3.05, 3.63) is 11.6 Å². The fraction of sp³-hybridized carbons (Fsp3) is 0.667. The molecule has 0 bridgehead atoms. The molecule has 0 spiro atoms. The summed E-state index contributed by atoms with van der Waals surface area (Å²) in [6.45, 7) is 7.63. The summed E-state index contributed by atoms with van der Waals surface area (Å²) in [4.78, 5) is 11.0. The molecule has 0 aliphatic carbocycles. The van der Waals surface area contributed by atoms with E-state index < -0.39 is 0 Å². The minimum Gasteiger partial charge on any atom is -0.317 e. The quantitative estimate of drug-likeness (QED) is 0.482. The van der Waals surface area contributed by atoms with E-state index in [1.165, 1.54) is 0 Å². The van der Waals surface area contributed by atoms with Gasteiger partial charge in [-0.05, 0) is 26.5 Å². The highest BCUT2D eigenvalue weighted by molar-refractivity contribution is 5.90. The van der Waals surface area contributed by atoms with Gasteiger partial charge in [0.2, 0.25) is 0 Å². The lowest BCUT2D eigenvalue weighted by molar-refractivity contribution is -0.114. The van der Waals surface area contributed by atoms with Crippen LogP contribution in [0.3, 0.4) is 0 Å². The van der Waals surface area contributed by atoms with Gasteiger partial charge in [0, 0.05) is 13.0 Å². The third kappa shape index (κ3) is 7.26. The lowest BCUT2D eigenvalue weighted by Gasteiger charge is -1.97. The van der Waals surface area contributed by atoms with E-state index in [9.17, 15) is 4.79 Å². The number of ketones is 1. The van der Waals surface area contributed by atoms with E-state index in [0.29, 0.717) is 6.42 Å². The molecule has 0 aliphatic rings. The SMILES string of the molecule is CCNCCC(=O)C=C(C)C. The van der Waals surface area contributed by atoms with E-state index in [0.717, 1.165) is 18.7 Å². The highest BCUT2D eigenvalue weighted by atomic mass is 16.1. The molecular formula is C9H17NO. The molecule has 0 aromatic carbocycles. The van der Waals surface area contributed by atoms with Crippen molar-refractivity contribution in [1.29, 1.82) is 0 Å². The Balaban J connectivity index is 3.46. The van der Waals surface area contributed by atoms with E-state index in [-0.39, 0.29) is 5.78 Å². The van der Waals surface area contributed by atoms with E-state index in [1.807, 2.05) is 20.8 Å². The van der Waals surface area contributed by atoms with Crippen LogP contribution in [-0.4, -0.2) is 18.9 Å². The second kappa shape index (κ2) is 6.10. The molecular weight excluding hydrogens is 138 g/mol. The van der Waals surface area contributed by atoms with Crippen molar-refractivity contribution < 1.29 is 4.79 Å². The maximum absolute atomic E-state index is 11.0. The lowest BCUT2D eigenvalue weighted by atomic mass is 10.2. The van der Waals surface area contributed by atoms with Gasteiger partial charge in [0.15, 0.2) is 5.78 Å². The molecule has 1 N–H and O–H groups in total. The Morgan fingerprint density at radius 3 is 2.55 bits per heavy atom. The molecule has 0 atom stereocenters. The first-order valence-corrected chi connectivity index (χ1v) is 4.05. The zero-order chi connectivity index (χ0) is 8.69. The molecule has 0 aliphatic heterocycles. The Bertz CT molecular complexity index is 146. The van der Waals surface area contributed by atoms with Crippen LogP contribution < -0.4 is 5.32 Å². The van der Waals surface area contributed by atoms with Crippen LogP contribution in [0.15, 0.2) is 11.6 Å². The smallest absolute Gasteiger partial charge is 0.156 e. The van der Waals surface area contributed by atoms with Crippen LogP contribution in [0, 0.1) is 0 Å². The Kier molecular flexibility index (Phi) is 5.75. The van der Waals surface area contributed by atoms with Gasteiger partial charge in [-0.15, -0.1) is 0 Å². The van der Waals surface area contributed by atoms with Gasteiger partial charge in [0.25, 0.3) is 0 Å². The zero-order valence-corrected chi connectivity index (χ0v) is 7.61. The molecule has 64 valence electrons. The summed E-state index contributed by atoms with van der Waals surface area (Å²) < 4.78 is 0. The van der Waals surface area contributed by atoms with Crippen LogP contribution in [0.1, 0.15) is 27.2 Å². The fourth-order valence-corrected chi connectivity index (χ4v) is 0.783. The van der Waals surface area contributed by atoms with E-state index in [2.05, 4.69) is 5.32 Å². The second-order valence-electron chi connectivity index (χ2n) is 2.79. The summed E-state index contributed by atoms with van der Waals surface area (Å²) >= 11 is 0. The highest BCUT2D eigenvalue weighted by Crippen LogP contribution is 1.91. The number of nitrogens with one attached hydrogen (secondary N) is 1. The number of allylic oxidation sites excluding steroid dienone is 2. The number of hydrogen-bond acceptors (Lipinski definition) is 2. The van der Waals surface area contributed by atoms with E-state index in [1.54, 1.807) is 6.08 Å². The van der Waals surface area contributed by atoms with Crippen LogP contribution in [0.25, 0.3) is 0 Å². The molecule has 0 heterocycles. The number of hydrogen-bond donors (Lipinski definition) is 1. The standard InChI is InChI=1S/C9H17NO/c1-4-10-6-5-9(11)7-8(2)3/h7,10H,4-6H2,1-3H3. The maximum atomic E-state index is 11.0. The molecule has 0 unspecified atom stereocenters. The first kappa shape index (κ1) is 10.4. The minimum absolute atomic E-state index is 0.214. The molecule has 0 saturated carbocycles. The molecule has 0 fully saturated rings. The summed E-state index contributed by atoms with van der Waals surface area (Å²) in [5.41, 5.74) is 1.08. The lowest BCUT2D eigenvalue weighted by Crippen LogP contribution is -2.16. The van der Waals surface area contributed by atoms with Crippen LogP contribution in [0.5, 0.6) is 0 Å². The second-order valence-corrected chi connectivity index (χ2v) is 2.79. The average Bonchev–Trinajstić information content (AvgIpc) is 1.86. The molecule has 0 aromatic heterocycles. The predicted molar refractivity (Wildman–Crippen MR) is 47.6 cm³/mol. The van der Waals surface area contributed by atoms with Gasteiger partial charge in [-0.3, -0.25) is 4.79 Å². The summed E-state index contributed by atoms with van der Waals surface area (Å²) in [6.07, 6.45) is 2.30. The molecule has 0 rings (SSSR count). The first-order chi connectivity index (χ1) is 5.16. The fourth-order valence-electron chi connectivity index (χ4n) is 0.783. The van der Waals surface area contributed by atoms with Crippen LogP contribution in [-0.2, 0) is 4.79 Å². The molecule has 0 amide bonds. The van der Waals surface area contributed by atoms with Crippen LogP contribution in [0.4, 0.5) is 0 Å². The predicted octanol–water partition coefficient (Wildman–Crippen LogP) is 1.52. The largest absolute Gasteiger partial charge is 0.317 e. The summed E-state index contributed by atoms with van der Waals surface area (Å²) in [5.74, 6) is 0.214. The van der Waals surface area contributed by atoms with Crippen molar-refractivity contribution >= 4 is 5.78 Å². The third-order valence-corrected chi connectivity index (χ3v) is 1.25. The first-order valence-electron chi connectivity index (χ1n) is 4.05. The van der Waals surface area contributed by atoms with Gasteiger partial charge in [0.1, 0.15) is 0 Å². The van der Waals surface area contributed by atoms with Crippen molar-refractivity contribution in [2.45, 2.75) is 27.2 Å². The monoisotopic (exact) mass is 155 g/mol. The van der Waals surface area contributed by atoms with E-state index in [4.69, 9.17) is 0 Å². The average molecular weight is 155 g/mol. The van der Waals surface area contributed by atoms with E-state index >= 15 is 0 Å². The topological polar surface area (TPSA) is 29.1 Å². The van der Waals surface area contributed by atoms with Crippen molar-refractivity contribution in [1.82, 2.24) is 5.32 Å². The molecule has 0 saturated heterocycles. The molecule has 0 radical (unpaired) electrons. The number of carbonyl (C=O) groups is 1. The maximum Gasteiger partial charge on any atom is 0.156 e. The van der Waals surface area contributed by atoms with Crippen molar-refractivity contribution in [2.24, 2.45) is 0 Å². The van der Waals surface area contributed by atoms with Gasteiger partial charge in [-0.2, -0.15) is 0 Å². The number of carbonyl (C=O) groups excluding carboxylic acids is 1. The summed E-state index contributed by atoms with van der Waals surface area (Å²) in [5, 5.41) is 3.10. The minimum atomic E-state index is 0.214. The van der Waals surface area contributed by atoms with Gasteiger partial charge in [-0.25, -0.2) is 0 Å². The van der Waals surface area contributed by atoms with Crippen molar-refractivity contribution in [2.75, 3.05) is 13.1 Å². The highest BCUT2D eigenvalue weighted by Gasteiger charge is 1.94. The van der Waals surface area contributed by atoms with Gasteiger partial charge in [0.05, 0.1) is 0 Å². The third-order valence-electron chi connectivity index (χ3n) is 1.25. The molecule has 2 nitrogen and oxygen atoms in total.